The molecule has 1 aromatic heterocycles. The third kappa shape index (κ3) is 17.0. The van der Waals surface area contributed by atoms with Gasteiger partial charge in [0.2, 0.25) is 0 Å². The van der Waals surface area contributed by atoms with Crippen LogP contribution in [0.5, 0.6) is 5.75 Å². The van der Waals surface area contributed by atoms with E-state index in [-0.39, 0.29) is 36.5 Å². The van der Waals surface area contributed by atoms with Gasteiger partial charge >= 0.3 is 35.2 Å². The number of phenols is 1. The molecule has 292 valence electrons. The third-order valence-electron chi connectivity index (χ3n) is 8.03. The molecule has 0 aliphatic heterocycles. The number of aromatic hydroxyl groups is 1. The van der Waals surface area contributed by atoms with Gasteiger partial charge in [0.25, 0.3) is 0 Å². The fourth-order valence-corrected chi connectivity index (χ4v) is 5.91. The SMILES string of the molecule is C/C(C#N)=C/c1cc(C)cc(C)c1.CCC#N.Cc1cc(C)cc(-c2c(C#N)c(=O)oc3cc(C)ccc23)c1.Cc1cc(C)cc(C=O)c1.Cc1cccc(O)c1.[H-].[Na+]. The molecule has 0 aliphatic carbocycles. The molecular formula is C50H52N3NaO4. The van der Waals surface area contributed by atoms with Gasteiger partial charge in [-0.3, -0.25) is 4.79 Å². The maximum absolute atomic E-state index is 12.2. The minimum absolute atomic E-state index is 0. The van der Waals surface area contributed by atoms with E-state index in [0.29, 0.717) is 23.3 Å². The number of nitriles is 3. The summed E-state index contributed by atoms with van der Waals surface area (Å²) in [5, 5.41) is 35.2. The van der Waals surface area contributed by atoms with Crippen molar-refractivity contribution in [1.82, 2.24) is 0 Å². The van der Waals surface area contributed by atoms with E-state index in [2.05, 4.69) is 44.2 Å². The summed E-state index contributed by atoms with van der Waals surface area (Å²) in [4.78, 5) is 22.5. The second-order valence-corrected chi connectivity index (χ2v) is 13.9. The number of aldehydes is 1. The zero-order valence-electron chi connectivity index (χ0n) is 36.6. The minimum Gasteiger partial charge on any atom is -1.00 e. The quantitative estimate of drug-likeness (QED) is 0.0817. The number of allylic oxidation sites excluding steroid dienone is 1. The Morgan fingerprint density at radius 3 is 1.59 bits per heavy atom. The number of benzene rings is 5. The Morgan fingerprint density at radius 2 is 1.17 bits per heavy atom. The molecule has 1 heterocycles. The van der Waals surface area contributed by atoms with Crippen molar-refractivity contribution in [2.24, 2.45) is 0 Å². The number of phenolic OH excluding ortho intramolecular Hbond substituents is 1. The van der Waals surface area contributed by atoms with Gasteiger partial charge in [-0.15, -0.1) is 0 Å². The van der Waals surface area contributed by atoms with Crippen LogP contribution in [0.25, 0.3) is 28.2 Å². The molecule has 0 radical (unpaired) electrons. The summed E-state index contributed by atoms with van der Waals surface area (Å²) >= 11 is 0. The smallest absolute Gasteiger partial charge is 1.00 e. The van der Waals surface area contributed by atoms with Crippen LogP contribution < -0.4 is 35.2 Å². The van der Waals surface area contributed by atoms with E-state index in [4.69, 9.17) is 20.0 Å². The summed E-state index contributed by atoms with van der Waals surface area (Å²) in [6, 6.07) is 37.0. The normalized spacial score (nSPS) is 9.74. The van der Waals surface area contributed by atoms with Crippen molar-refractivity contribution in [2.75, 3.05) is 0 Å². The van der Waals surface area contributed by atoms with E-state index in [1.54, 1.807) is 12.1 Å². The molecule has 0 amide bonds. The number of nitrogens with zero attached hydrogens (tertiary/aromatic N) is 3. The van der Waals surface area contributed by atoms with Crippen LogP contribution in [0.4, 0.5) is 0 Å². The van der Waals surface area contributed by atoms with E-state index < -0.39 is 5.63 Å². The summed E-state index contributed by atoms with van der Waals surface area (Å²) in [6.45, 7) is 19.6. The van der Waals surface area contributed by atoms with Crippen molar-refractivity contribution >= 4 is 23.3 Å². The molecule has 0 unspecified atom stereocenters. The topological polar surface area (TPSA) is 139 Å². The fourth-order valence-electron chi connectivity index (χ4n) is 5.91. The molecule has 1 N–H and O–H groups in total. The van der Waals surface area contributed by atoms with Gasteiger partial charge in [-0.1, -0.05) is 107 Å². The first-order valence-electron chi connectivity index (χ1n) is 18.4. The van der Waals surface area contributed by atoms with Crippen molar-refractivity contribution in [3.05, 3.63) is 174 Å². The number of carbonyl (C=O) groups is 1. The van der Waals surface area contributed by atoms with Crippen molar-refractivity contribution in [3.63, 3.8) is 0 Å². The van der Waals surface area contributed by atoms with Gasteiger partial charge in [-0.25, -0.2) is 4.79 Å². The molecule has 58 heavy (non-hydrogen) atoms. The van der Waals surface area contributed by atoms with E-state index in [1.807, 2.05) is 134 Å². The molecule has 5 aromatic carbocycles. The first-order valence-corrected chi connectivity index (χ1v) is 18.4. The van der Waals surface area contributed by atoms with E-state index >= 15 is 0 Å². The van der Waals surface area contributed by atoms with Crippen LogP contribution in [-0.4, -0.2) is 11.4 Å². The maximum Gasteiger partial charge on any atom is 1.00 e. The molecule has 7 nitrogen and oxygen atoms in total. The van der Waals surface area contributed by atoms with Gasteiger partial charge < -0.3 is 11.0 Å². The molecule has 0 bridgehead atoms. The van der Waals surface area contributed by atoms with Gasteiger partial charge in [0.1, 0.15) is 29.3 Å². The second-order valence-electron chi connectivity index (χ2n) is 13.9. The number of hydrogen-bond acceptors (Lipinski definition) is 7. The van der Waals surface area contributed by atoms with Gasteiger partial charge in [0.05, 0.1) is 12.1 Å². The molecule has 0 aliphatic rings. The maximum atomic E-state index is 12.2. The number of hydrogen-bond donors (Lipinski definition) is 1. The summed E-state index contributed by atoms with van der Waals surface area (Å²) in [6.07, 6.45) is 3.40. The van der Waals surface area contributed by atoms with Crippen LogP contribution in [0.1, 0.15) is 87.7 Å². The van der Waals surface area contributed by atoms with Crippen LogP contribution in [0.2, 0.25) is 0 Å². The van der Waals surface area contributed by atoms with Crippen LogP contribution in [0, 0.1) is 89.4 Å². The predicted octanol–water partition coefficient (Wildman–Crippen LogP) is 9.34. The van der Waals surface area contributed by atoms with Crippen LogP contribution in [0.3, 0.4) is 0 Å². The Bertz CT molecular complexity index is 2480. The van der Waals surface area contributed by atoms with Crippen LogP contribution in [-0.2, 0) is 0 Å². The fraction of sp³-hybridized carbons (Fsp3) is 0.220. The second kappa shape index (κ2) is 25.3. The minimum atomic E-state index is -0.588. The standard InChI is InChI=1S/C19H15NO2.C12H13N.C9H10O.C7H8O.C3H5N.Na.H/c1-11-4-5-15-17(9-11)22-19(21)16(10-20)18(15)14-7-12(2)6-13(3)8-14;1-9-4-10(2)6-12(5-9)7-11(3)8-13;1-7-3-8(2)5-9(4-7)6-10;1-6-3-2-4-7(8)5-6;1-2-3-4;;/h4-9H,1-3H3;4-7H,1-3H3;3-6H,1-2H3;2-5,8H,1H3;2H2,1H3;;/q;;;;;+1;-1/b;11-7-;;;;;. The van der Waals surface area contributed by atoms with E-state index in [1.165, 1.54) is 11.1 Å². The Kier molecular flexibility index (Phi) is 21.8. The van der Waals surface area contributed by atoms with Crippen molar-refractivity contribution in [3.8, 4) is 35.1 Å². The van der Waals surface area contributed by atoms with Crippen molar-refractivity contribution < 1.29 is 45.3 Å². The number of rotatable bonds is 3. The summed E-state index contributed by atoms with van der Waals surface area (Å²) < 4.78 is 5.31. The first kappa shape index (κ1) is 50.0. The van der Waals surface area contributed by atoms with Crippen molar-refractivity contribution in [1.29, 1.82) is 15.8 Å². The van der Waals surface area contributed by atoms with E-state index in [0.717, 1.165) is 67.3 Å². The average molecular weight is 782 g/mol. The first-order chi connectivity index (χ1) is 27.0. The van der Waals surface area contributed by atoms with Gasteiger partial charge in [0.15, 0.2) is 0 Å². The molecule has 0 spiro atoms. The van der Waals surface area contributed by atoms with E-state index in [9.17, 15) is 14.9 Å². The summed E-state index contributed by atoms with van der Waals surface area (Å²) in [5.74, 6) is 0.338. The zero-order chi connectivity index (χ0) is 42.7. The Morgan fingerprint density at radius 1 is 0.690 bits per heavy atom. The molecule has 0 saturated heterocycles. The molecule has 8 heteroatoms. The van der Waals surface area contributed by atoms with Gasteiger partial charge in [0, 0.05) is 28.5 Å². The zero-order valence-corrected chi connectivity index (χ0v) is 37.6. The average Bonchev–Trinajstić information content (AvgIpc) is 3.13. The summed E-state index contributed by atoms with van der Waals surface area (Å²) in [5.41, 5.74) is 13.1. The molecule has 6 aromatic rings. The monoisotopic (exact) mass is 781 g/mol. The summed E-state index contributed by atoms with van der Waals surface area (Å²) in [7, 11) is 0. The molecular weight excluding hydrogens is 730 g/mol. The van der Waals surface area contributed by atoms with Crippen LogP contribution in [0.15, 0.2) is 112 Å². The third-order valence-corrected chi connectivity index (χ3v) is 8.03. The molecule has 0 atom stereocenters. The molecule has 0 fully saturated rings. The van der Waals surface area contributed by atoms with Gasteiger partial charge in [-0.05, 0) is 121 Å². The largest absolute Gasteiger partial charge is 1.00 e. The Labute approximate surface area is 367 Å². The Balaban J connectivity index is 0.000000781. The predicted molar refractivity (Wildman–Crippen MR) is 233 cm³/mol. The molecule has 0 saturated carbocycles. The van der Waals surface area contributed by atoms with Crippen LogP contribution >= 0.6 is 0 Å². The Hall–Kier alpha value is -6.01. The van der Waals surface area contributed by atoms with Gasteiger partial charge in [-0.2, -0.15) is 15.8 Å². The number of aryl methyl sites for hydroxylation is 8. The number of fused-ring (bicyclic) bond motifs is 1. The number of carbonyl (C=O) groups excluding carboxylic acids is 1. The van der Waals surface area contributed by atoms with Crippen molar-refractivity contribution in [2.45, 2.75) is 75.7 Å². The molecule has 6 rings (SSSR count).